The largest absolute Gasteiger partial charge is 0.380 e. The van der Waals surface area contributed by atoms with Crippen LogP contribution in [0.3, 0.4) is 0 Å². The summed E-state index contributed by atoms with van der Waals surface area (Å²) in [5, 5.41) is 1.77. The molecule has 0 amide bonds. The monoisotopic (exact) mass is 430 g/mol. The van der Waals surface area contributed by atoms with E-state index in [4.69, 9.17) is 4.74 Å². The minimum absolute atomic E-state index is 0.0879. The van der Waals surface area contributed by atoms with Crippen molar-refractivity contribution in [3.8, 4) is 11.8 Å². The van der Waals surface area contributed by atoms with Gasteiger partial charge in [-0.2, -0.15) is 0 Å². The smallest absolute Gasteiger partial charge is 0.129 e. The van der Waals surface area contributed by atoms with Crippen molar-refractivity contribution in [1.29, 1.82) is 0 Å². The lowest BCUT2D eigenvalue weighted by atomic mass is 10.0. The van der Waals surface area contributed by atoms with E-state index in [2.05, 4.69) is 11.8 Å². The van der Waals surface area contributed by atoms with Crippen molar-refractivity contribution >= 4 is 10.8 Å². The first kappa shape index (κ1) is 21.7. The third-order valence-electron chi connectivity index (χ3n) is 5.28. The van der Waals surface area contributed by atoms with E-state index in [9.17, 15) is 13.2 Å². The fourth-order valence-electron chi connectivity index (χ4n) is 3.61. The zero-order chi connectivity index (χ0) is 22.5. The van der Waals surface area contributed by atoms with Gasteiger partial charge in [0, 0.05) is 23.8 Å². The van der Waals surface area contributed by atoms with Gasteiger partial charge in [0.05, 0.1) is 6.61 Å². The fourth-order valence-corrected chi connectivity index (χ4v) is 3.61. The van der Waals surface area contributed by atoms with E-state index in [-0.39, 0.29) is 24.4 Å². The molecule has 0 atom stereocenters. The van der Waals surface area contributed by atoms with E-state index in [0.29, 0.717) is 12.0 Å². The molecule has 32 heavy (non-hydrogen) atoms. The number of hydrogen-bond acceptors (Lipinski definition) is 1. The number of aryl methyl sites for hydroxylation is 1. The van der Waals surface area contributed by atoms with Gasteiger partial charge in [-0.3, -0.25) is 0 Å². The Balaban J connectivity index is 1.43. The predicted octanol–water partition coefficient (Wildman–Crippen LogP) is 6.59. The highest BCUT2D eigenvalue weighted by atomic mass is 19.1. The minimum atomic E-state index is -0.544. The van der Waals surface area contributed by atoms with Gasteiger partial charge >= 0.3 is 0 Å². The molecule has 4 aromatic carbocycles. The zero-order valence-corrected chi connectivity index (χ0v) is 17.6. The summed E-state index contributed by atoms with van der Waals surface area (Å²) in [6.45, 7) is 0.175. The van der Waals surface area contributed by atoms with Crippen molar-refractivity contribution in [2.45, 2.75) is 19.4 Å². The van der Waals surface area contributed by atoms with Crippen LogP contribution < -0.4 is 0 Å². The van der Waals surface area contributed by atoms with E-state index >= 15 is 0 Å². The van der Waals surface area contributed by atoms with Crippen molar-refractivity contribution in [3.63, 3.8) is 0 Å². The van der Waals surface area contributed by atoms with Crippen LogP contribution in [-0.4, -0.2) is 7.11 Å². The molecule has 0 spiro atoms. The van der Waals surface area contributed by atoms with E-state index in [1.165, 1.54) is 31.4 Å². The molecule has 4 heteroatoms. The first-order valence-corrected chi connectivity index (χ1v) is 10.3. The molecule has 0 saturated heterocycles. The SMILES string of the molecule is COCc1cc(F)c(CCc2ccc(C#Cc3ccc4cc(F)ccc4c3)cc2)c(F)c1. The van der Waals surface area contributed by atoms with Crippen molar-refractivity contribution in [1.82, 2.24) is 0 Å². The van der Waals surface area contributed by atoms with Crippen LogP contribution in [0.1, 0.15) is 27.8 Å². The Hall–Kier alpha value is -3.55. The summed E-state index contributed by atoms with van der Waals surface area (Å²) in [4.78, 5) is 0. The van der Waals surface area contributed by atoms with Gasteiger partial charge < -0.3 is 4.74 Å². The third kappa shape index (κ3) is 5.19. The molecular formula is C28H21F3O. The van der Waals surface area contributed by atoms with Gasteiger partial charge in [0.2, 0.25) is 0 Å². The molecule has 0 aliphatic heterocycles. The topological polar surface area (TPSA) is 9.23 Å². The van der Waals surface area contributed by atoms with E-state index in [1.54, 1.807) is 6.07 Å². The Bertz CT molecular complexity index is 1290. The van der Waals surface area contributed by atoms with Crippen molar-refractivity contribution in [3.05, 3.63) is 118 Å². The van der Waals surface area contributed by atoms with Crippen LogP contribution in [0.2, 0.25) is 0 Å². The summed E-state index contributed by atoms with van der Waals surface area (Å²) < 4.78 is 46.7. The van der Waals surface area contributed by atoms with Crippen LogP contribution in [0.15, 0.2) is 72.8 Å². The third-order valence-corrected chi connectivity index (χ3v) is 5.28. The molecular weight excluding hydrogens is 409 g/mol. The molecule has 4 rings (SSSR count). The molecule has 0 saturated carbocycles. The van der Waals surface area contributed by atoms with Gasteiger partial charge in [0.15, 0.2) is 0 Å². The Morgan fingerprint density at radius 2 is 1.28 bits per heavy atom. The molecule has 0 aliphatic carbocycles. The summed E-state index contributed by atoms with van der Waals surface area (Å²) in [5.74, 6) is 4.89. The highest BCUT2D eigenvalue weighted by Crippen LogP contribution is 2.19. The number of ether oxygens (including phenoxy) is 1. The molecule has 0 heterocycles. The van der Waals surface area contributed by atoms with Gasteiger partial charge in [-0.25, -0.2) is 13.2 Å². The first-order valence-electron chi connectivity index (χ1n) is 10.3. The number of halogens is 3. The van der Waals surface area contributed by atoms with Gasteiger partial charge in [0.25, 0.3) is 0 Å². The van der Waals surface area contributed by atoms with Crippen LogP contribution in [0.25, 0.3) is 10.8 Å². The molecule has 0 bridgehead atoms. The maximum absolute atomic E-state index is 14.2. The Morgan fingerprint density at radius 3 is 2.00 bits per heavy atom. The van der Waals surface area contributed by atoms with Gasteiger partial charge in [-0.1, -0.05) is 36.1 Å². The molecule has 160 valence electrons. The number of methoxy groups -OCH3 is 1. The number of rotatable bonds is 5. The first-order chi connectivity index (χ1) is 15.5. The Labute approximate surface area is 185 Å². The highest BCUT2D eigenvalue weighted by molar-refractivity contribution is 5.83. The number of benzene rings is 4. The number of fused-ring (bicyclic) bond motifs is 1. The molecule has 0 radical (unpaired) electrons. The standard InChI is InChI=1S/C28H21F3O/c1-32-18-22-15-27(30)26(28(31)16-22)13-9-20-4-2-19(3-5-20)6-7-21-8-10-24-17-25(29)12-11-23(24)14-21/h2-5,8,10-12,14-17H,9,13,18H2,1H3. The molecule has 0 fully saturated rings. The van der Waals surface area contributed by atoms with Crippen LogP contribution in [-0.2, 0) is 24.2 Å². The Kier molecular flexibility index (Phi) is 6.58. The second kappa shape index (κ2) is 9.72. The quantitative estimate of drug-likeness (QED) is 0.325. The minimum Gasteiger partial charge on any atom is -0.380 e. The van der Waals surface area contributed by atoms with Crippen LogP contribution in [0.5, 0.6) is 0 Å². The predicted molar refractivity (Wildman–Crippen MR) is 121 cm³/mol. The normalized spacial score (nSPS) is 10.8. The highest BCUT2D eigenvalue weighted by Gasteiger charge is 2.11. The van der Waals surface area contributed by atoms with Gasteiger partial charge in [-0.15, -0.1) is 0 Å². The maximum Gasteiger partial charge on any atom is 0.129 e. The van der Waals surface area contributed by atoms with Crippen LogP contribution in [0.4, 0.5) is 13.2 Å². The average molecular weight is 430 g/mol. The summed E-state index contributed by atoms with van der Waals surface area (Å²) in [6.07, 6.45) is 0.792. The lowest BCUT2D eigenvalue weighted by Crippen LogP contribution is -2.01. The molecule has 0 unspecified atom stereocenters. The summed E-state index contributed by atoms with van der Waals surface area (Å²) in [7, 11) is 1.49. The lowest BCUT2D eigenvalue weighted by Gasteiger charge is -2.08. The molecule has 0 N–H and O–H groups in total. The lowest BCUT2D eigenvalue weighted by molar-refractivity contribution is 0.184. The second-order valence-corrected chi connectivity index (χ2v) is 7.62. The van der Waals surface area contributed by atoms with Crippen molar-refractivity contribution < 1.29 is 17.9 Å². The molecule has 0 aromatic heterocycles. The van der Waals surface area contributed by atoms with Crippen molar-refractivity contribution in [2.24, 2.45) is 0 Å². The zero-order valence-electron chi connectivity index (χ0n) is 17.6. The molecule has 4 aromatic rings. The van der Waals surface area contributed by atoms with Crippen LogP contribution >= 0.6 is 0 Å². The average Bonchev–Trinajstić information content (AvgIpc) is 2.78. The molecule has 0 aliphatic rings. The van der Waals surface area contributed by atoms with Gasteiger partial charge in [-0.05, 0) is 83.3 Å². The van der Waals surface area contributed by atoms with Crippen LogP contribution in [0, 0.1) is 29.3 Å². The Morgan fingerprint density at radius 1 is 0.656 bits per heavy atom. The van der Waals surface area contributed by atoms with E-state index in [1.807, 2.05) is 42.5 Å². The van der Waals surface area contributed by atoms with E-state index in [0.717, 1.165) is 27.5 Å². The summed E-state index contributed by atoms with van der Waals surface area (Å²) >= 11 is 0. The number of hydrogen-bond donors (Lipinski definition) is 0. The fraction of sp³-hybridized carbons (Fsp3) is 0.143. The van der Waals surface area contributed by atoms with Crippen molar-refractivity contribution in [2.75, 3.05) is 7.11 Å². The summed E-state index contributed by atoms with van der Waals surface area (Å²) in [5.41, 5.74) is 3.23. The van der Waals surface area contributed by atoms with Gasteiger partial charge in [0.1, 0.15) is 17.5 Å². The second-order valence-electron chi connectivity index (χ2n) is 7.62. The summed E-state index contributed by atoms with van der Waals surface area (Å²) in [6, 6.07) is 20.6. The molecule has 1 nitrogen and oxygen atoms in total. The maximum atomic E-state index is 14.2. The van der Waals surface area contributed by atoms with E-state index < -0.39 is 11.6 Å².